The average molecular weight is 186 g/mol. The summed E-state index contributed by atoms with van der Waals surface area (Å²) in [5.74, 6) is 0. The Kier molecular flexibility index (Phi) is 3.98. The van der Waals surface area contributed by atoms with Gasteiger partial charge in [0.1, 0.15) is 0 Å². The molecule has 70 valence electrons. The molecule has 0 saturated carbocycles. The van der Waals surface area contributed by atoms with Crippen LogP contribution in [0, 0.1) is 0 Å². The van der Waals surface area contributed by atoms with Crippen molar-refractivity contribution < 1.29 is 8.85 Å². The van der Waals surface area contributed by atoms with E-state index in [1.54, 1.807) is 19.8 Å². The minimum absolute atomic E-state index is 1.17. The molecule has 0 N–H and O–H groups in total. The lowest BCUT2D eigenvalue weighted by Crippen LogP contribution is -2.22. The minimum atomic E-state index is -1.44. The van der Waals surface area contributed by atoms with Gasteiger partial charge in [0.05, 0.1) is 0 Å². The second-order valence-electron chi connectivity index (χ2n) is 3.14. The van der Waals surface area contributed by atoms with E-state index in [2.05, 4.69) is 6.92 Å². The van der Waals surface area contributed by atoms with Gasteiger partial charge in [-0.15, -0.1) is 0 Å². The molecule has 1 rings (SSSR count). The zero-order valence-corrected chi connectivity index (χ0v) is 9.38. The van der Waals surface area contributed by atoms with Crippen LogP contribution >= 0.6 is 0 Å². The van der Waals surface area contributed by atoms with Crippen molar-refractivity contribution in [3.63, 3.8) is 0 Å². The number of rotatable bonds is 4. The Morgan fingerprint density at radius 2 is 1.92 bits per heavy atom. The van der Waals surface area contributed by atoms with Gasteiger partial charge in [-0.1, -0.05) is 12.5 Å². The van der Waals surface area contributed by atoms with Gasteiger partial charge in [0.2, 0.25) is 0 Å². The minimum Gasteiger partial charge on any atom is -0.397 e. The van der Waals surface area contributed by atoms with Crippen LogP contribution < -0.4 is 0 Å². The third kappa shape index (κ3) is 1.97. The van der Waals surface area contributed by atoms with Crippen molar-refractivity contribution in [2.45, 2.75) is 32.6 Å². The molecule has 0 aromatic carbocycles. The Morgan fingerprint density at radius 3 is 2.42 bits per heavy atom. The summed E-state index contributed by atoms with van der Waals surface area (Å²) in [6, 6.07) is 0. The van der Waals surface area contributed by atoms with E-state index >= 15 is 0 Å². The zero-order chi connectivity index (χ0) is 8.97. The molecule has 0 atom stereocenters. The SMILES string of the molecule is CCC1=C([SiH](OC)OC)CCC1. The van der Waals surface area contributed by atoms with Gasteiger partial charge >= 0.3 is 9.28 Å². The fourth-order valence-electron chi connectivity index (χ4n) is 1.90. The Labute approximate surface area is 76.4 Å². The monoisotopic (exact) mass is 186 g/mol. The summed E-state index contributed by atoms with van der Waals surface area (Å²) in [5.41, 5.74) is 1.59. The van der Waals surface area contributed by atoms with E-state index in [1.807, 2.05) is 0 Å². The van der Waals surface area contributed by atoms with Crippen molar-refractivity contribution >= 4 is 9.28 Å². The maximum Gasteiger partial charge on any atom is 0.351 e. The van der Waals surface area contributed by atoms with Gasteiger partial charge in [-0.3, -0.25) is 0 Å². The first-order chi connectivity index (χ1) is 5.83. The molecule has 1 aliphatic carbocycles. The fraction of sp³-hybridized carbons (Fsp3) is 0.778. The Hall–Kier alpha value is -0.123. The lowest BCUT2D eigenvalue weighted by Gasteiger charge is -2.13. The van der Waals surface area contributed by atoms with E-state index in [-0.39, 0.29) is 0 Å². The number of hydrogen-bond donors (Lipinski definition) is 0. The van der Waals surface area contributed by atoms with E-state index in [0.717, 1.165) is 0 Å². The Bertz CT molecular complexity index is 173. The molecule has 1 aliphatic rings. The topological polar surface area (TPSA) is 18.5 Å². The predicted molar refractivity (Wildman–Crippen MR) is 52.3 cm³/mol. The highest BCUT2D eigenvalue weighted by molar-refractivity contribution is 6.53. The molecule has 0 aromatic rings. The largest absolute Gasteiger partial charge is 0.397 e. The van der Waals surface area contributed by atoms with Crippen molar-refractivity contribution in [3.8, 4) is 0 Å². The molecule has 12 heavy (non-hydrogen) atoms. The first kappa shape index (κ1) is 9.96. The summed E-state index contributed by atoms with van der Waals surface area (Å²) in [6.45, 7) is 2.22. The van der Waals surface area contributed by atoms with Gasteiger partial charge in [-0.25, -0.2) is 0 Å². The van der Waals surface area contributed by atoms with E-state index in [1.165, 1.54) is 30.9 Å². The van der Waals surface area contributed by atoms with Crippen LogP contribution in [0.2, 0.25) is 0 Å². The summed E-state index contributed by atoms with van der Waals surface area (Å²) in [4.78, 5) is 0. The van der Waals surface area contributed by atoms with E-state index in [9.17, 15) is 0 Å². The van der Waals surface area contributed by atoms with Crippen molar-refractivity contribution in [3.05, 3.63) is 10.8 Å². The standard InChI is InChI=1S/C9H18O2Si/c1-4-8-6-5-7-9(8)12(10-2)11-3/h12H,4-7H2,1-3H3. The first-order valence-electron chi connectivity index (χ1n) is 4.59. The molecule has 0 amide bonds. The summed E-state index contributed by atoms with van der Waals surface area (Å²) < 4.78 is 10.7. The van der Waals surface area contributed by atoms with Crippen LogP contribution in [0.5, 0.6) is 0 Å². The second kappa shape index (κ2) is 4.79. The summed E-state index contributed by atoms with van der Waals surface area (Å²) in [5, 5.41) is 1.52. The lowest BCUT2D eigenvalue weighted by atomic mass is 10.2. The maximum absolute atomic E-state index is 5.37. The third-order valence-corrected chi connectivity index (χ3v) is 4.64. The van der Waals surface area contributed by atoms with Crippen LogP contribution in [-0.2, 0) is 8.85 Å². The van der Waals surface area contributed by atoms with E-state index in [4.69, 9.17) is 8.85 Å². The molecule has 2 nitrogen and oxygen atoms in total. The molecule has 0 aromatic heterocycles. The van der Waals surface area contributed by atoms with Gasteiger partial charge in [0.15, 0.2) is 0 Å². The van der Waals surface area contributed by atoms with Crippen LogP contribution in [0.15, 0.2) is 10.8 Å². The normalized spacial score (nSPS) is 18.0. The van der Waals surface area contributed by atoms with Crippen LogP contribution in [0.25, 0.3) is 0 Å². The van der Waals surface area contributed by atoms with Crippen molar-refractivity contribution in [1.82, 2.24) is 0 Å². The molecule has 0 heterocycles. The van der Waals surface area contributed by atoms with Crippen LogP contribution in [-0.4, -0.2) is 23.5 Å². The molecule has 0 spiro atoms. The molecule has 0 fully saturated rings. The quantitative estimate of drug-likeness (QED) is 0.625. The molecular formula is C9H18O2Si. The highest BCUT2D eigenvalue weighted by atomic mass is 28.3. The second-order valence-corrected chi connectivity index (χ2v) is 5.44. The van der Waals surface area contributed by atoms with Crippen molar-refractivity contribution in [1.29, 1.82) is 0 Å². The summed E-state index contributed by atoms with van der Waals surface area (Å²) in [7, 11) is 2.09. The van der Waals surface area contributed by atoms with Gasteiger partial charge in [-0.2, -0.15) is 0 Å². The molecule has 0 aliphatic heterocycles. The van der Waals surface area contributed by atoms with Crippen molar-refractivity contribution in [2.75, 3.05) is 14.2 Å². The maximum atomic E-state index is 5.37. The number of hydrogen-bond acceptors (Lipinski definition) is 2. The predicted octanol–water partition coefficient (Wildman–Crippen LogP) is 1.93. The van der Waals surface area contributed by atoms with E-state index in [0.29, 0.717) is 0 Å². The smallest absolute Gasteiger partial charge is 0.351 e. The Balaban J connectivity index is 2.69. The molecule has 0 unspecified atom stereocenters. The van der Waals surface area contributed by atoms with Crippen molar-refractivity contribution in [2.24, 2.45) is 0 Å². The molecule has 0 saturated heterocycles. The highest BCUT2D eigenvalue weighted by Crippen LogP contribution is 2.29. The number of allylic oxidation sites excluding steroid dienone is 2. The van der Waals surface area contributed by atoms with Crippen LogP contribution in [0.3, 0.4) is 0 Å². The van der Waals surface area contributed by atoms with Gasteiger partial charge in [-0.05, 0) is 30.9 Å². The summed E-state index contributed by atoms with van der Waals surface area (Å²) >= 11 is 0. The third-order valence-electron chi connectivity index (χ3n) is 2.52. The van der Waals surface area contributed by atoms with Gasteiger partial charge in [0, 0.05) is 14.2 Å². The summed E-state index contributed by atoms with van der Waals surface area (Å²) in [6.07, 6.45) is 4.95. The van der Waals surface area contributed by atoms with Crippen LogP contribution in [0.1, 0.15) is 32.6 Å². The van der Waals surface area contributed by atoms with E-state index < -0.39 is 9.28 Å². The molecule has 0 radical (unpaired) electrons. The van der Waals surface area contributed by atoms with Gasteiger partial charge < -0.3 is 8.85 Å². The highest BCUT2D eigenvalue weighted by Gasteiger charge is 2.23. The molecular weight excluding hydrogens is 168 g/mol. The zero-order valence-electron chi connectivity index (χ0n) is 8.22. The Morgan fingerprint density at radius 1 is 1.25 bits per heavy atom. The molecule has 3 heteroatoms. The lowest BCUT2D eigenvalue weighted by molar-refractivity contribution is 0.286. The average Bonchev–Trinajstić information content (AvgIpc) is 2.55. The fourth-order valence-corrected chi connectivity index (χ4v) is 3.78. The molecule has 0 bridgehead atoms. The van der Waals surface area contributed by atoms with Gasteiger partial charge in [0.25, 0.3) is 0 Å². The first-order valence-corrected chi connectivity index (χ1v) is 6.11. The van der Waals surface area contributed by atoms with Crippen LogP contribution in [0.4, 0.5) is 0 Å².